The smallest absolute Gasteiger partial charge is 0.300 e. The van der Waals surface area contributed by atoms with Gasteiger partial charge >= 0.3 is 18.4 Å². The standard InChI is InChI=1S/C7H5F7O3/c1-3(15)2-4(16)5(8,9)6(10,11)17-7(12,13)14/h2H2,1H3. The van der Waals surface area contributed by atoms with Gasteiger partial charge in [0.25, 0.3) is 0 Å². The van der Waals surface area contributed by atoms with Crippen molar-refractivity contribution in [1.29, 1.82) is 0 Å². The van der Waals surface area contributed by atoms with E-state index in [0.717, 1.165) is 0 Å². The van der Waals surface area contributed by atoms with Gasteiger partial charge in [-0.05, 0) is 6.92 Å². The van der Waals surface area contributed by atoms with Crippen LogP contribution >= 0.6 is 0 Å². The highest BCUT2D eigenvalue weighted by atomic mass is 19.4. The summed E-state index contributed by atoms with van der Waals surface area (Å²) in [4.78, 5) is 20.8. The lowest BCUT2D eigenvalue weighted by Gasteiger charge is -2.25. The second kappa shape index (κ2) is 4.59. The van der Waals surface area contributed by atoms with Crippen LogP contribution in [-0.4, -0.2) is 30.0 Å². The van der Waals surface area contributed by atoms with E-state index in [1.165, 1.54) is 0 Å². The molecule has 0 aliphatic rings. The highest BCUT2D eigenvalue weighted by Crippen LogP contribution is 2.40. The molecule has 0 amide bonds. The SMILES string of the molecule is CC(=O)CC(=O)C(F)(F)C(F)(F)OC(F)(F)F. The minimum Gasteiger partial charge on any atom is -0.300 e. The van der Waals surface area contributed by atoms with Crippen molar-refractivity contribution >= 4 is 11.6 Å². The van der Waals surface area contributed by atoms with Gasteiger partial charge in [0, 0.05) is 0 Å². The zero-order valence-corrected chi connectivity index (χ0v) is 8.08. The van der Waals surface area contributed by atoms with Gasteiger partial charge in [-0.3, -0.25) is 9.59 Å². The third-order valence-corrected chi connectivity index (χ3v) is 1.37. The number of ketones is 2. The number of carbonyl (C=O) groups is 2. The van der Waals surface area contributed by atoms with E-state index < -0.39 is 36.4 Å². The van der Waals surface area contributed by atoms with E-state index in [4.69, 9.17) is 0 Å². The summed E-state index contributed by atoms with van der Waals surface area (Å²) < 4.78 is 86.0. The Balaban J connectivity index is 5.02. The molecule has 0 heterocycles. The van der Waals surface area contributed by atoms with E-state index >= 15 is 0 Å². The molecule has 0 aromatic rings. The van der Waals surface area contributed by atoms with Gasteiger partial charge in [-0.25, -0.2) is 4.74 Å². The molecule has 0 fully saturated rings. The molecule has 3 nitrogen and oxygen atoms in total. The quantitative estimate of drug-likeness (QED) is 0.568. The molecule has 0 aliphatic carbocycles. The number of carbonyl (C=O) groups excluding carboxylic acids is 2. The molecule has 100 valence electrons. The Hall–Kier alpha value is -1.19. The number of halogens is 7. The van der Waals surface area contributed by atoms with Crippen LogP contribution in [0.25, 0.3) is 0 Å². The molecule has 0 bridgehead atoms. The normalized spacial score (nSPS) is 13.6. The van der Waals surface area contributed by atoms with E-state index in [9.17, 15) is 40.3 Å². The molecule has 0 aliphatic heterocycles. The molecule has 0 spiro atoms. The first-order valence-corrected chi connectivity index (χ1v) is 3.85. The largest absolute Gasteiger partial charge is 0.527 e. The average Bonchev–Trinajstić information content (AvgIpc) is 1.97. The minimum atomic E-state index is -6.07. The highest BCUT2D eigenvalue weighted by molar-refractivity contribution is 6.01. The average molecular weight is 270 g/mol. The van der Waals surface area contributed by atoms with Gasteiger partial charge in [0.05, 0.1) is 6.42 Å². The first-order valence-electron chi connectivity index (χ1n) is 3.85. The number of Topliss-reactive ketones (excluding diaryl/α,β-unsaturated/α-hetero) is 2. The summed E-state index contributed by atoms with van der Waals surface area (Å²) >= 11 is 0. The molecule has 0 N–H and O–H groups in total. The lowest BCUT2D eigenvalue weighted by molar-refractivity contribution is -0.457. The number of rotatable bonds is 5. The Labute approximate surface area is 89.5 Å². The van der Waals surface area contributed by atoms with Gasteiger partial charge in [0.15, 0.2) is 0 Å². The Kier molecular flexibility index (Phi) is 4.27. The molecule has 0 unspecified atom stereocenters. The summed E-state index contributed by atoms with van der Waals surface area (Å²) in [5.74, 6) is -9.59. The van der Waals surface area contributed by atoms with E-state index in [2.05, 4.69) is 0 Å². The number of hydrogen-bond donors (Lipinski definition) is 0. The topological polar surface area (TPSA) is 43.4 Å². The van der Waals surface area contributed by atoms with E-state index in [1.54, 1.807) is 0 Å². The maximum absolute atomic E-state index is 12.6. The fourth-order valence-electron chi connectivity index (χ4n) is 0.709. The van der Waals surface area contributed by atoms with Crippen molar-refractivity contribution in [3.8, 4) is 0 Å². The molecule has 0 aromatic carbocycles. The van der Waals surface area contributed by atoms with Gasteiger partial charge in [-0.1, -0.05) is 0 Å². The summed E-state index contributed by atoms with van der Waals surface area (Å²) in [5, 5.41) is 0. The molecule has 17 heavy (non-hydrogen) atoms. The monoisotopic (exact) mass is 270 g/mol. The van der Waals surface area contributed by atoms with Gasteiger partial charge in [0.1, 0.15) is 5.78 Å². The highest BCUT2D eigenvalue weighted by Gasteiger charge is 2.66. The first kappa shape index (κ1) is 15.8. The van der Waals surface area contributed by atoms with E-state index in [0.29, 0.717) is 6.92 Å². The van der Waals surface area contributed by atoms with Crippen LogP contribution in [0.1, 0.15) is 13.3 Å². The Morgan fingerprint density at radius 3 is 1.71 bits per heavy atom. The number of hydrogen-bond acceptors (Lipinski definition) is 3. The first-order chi connectivity index (χ1) is 7.29. The number of alkyl halides is 7. The van der Waals surface area contributed by atoms with Gasteiger partial charge < -0.3 is 0 Å². The zero-order valence-electron chi connectivity index (χ0n) is 8.08. The Morgan fingerprint density at radius 1 is 1.00 bits per heavy atom. The number of ether oxygens (including phenoxy) is 1. The molecule has 0 atom stereocenters. The fraction of sp³-hybridized carbons (Fsp3) is 0.714. The molecule has 0 saturated carbocycles. The van der Waals surface area contributed by atoms with Crippen LogP contribution in [0.3, 0.4) is 0 Å². The second-order valence-corrected chi connectivity index (χ2v) is 2.94. The summed E-state index contributed by atoms with van der Waals surface area (Å²) in [6.07, 6.45) is -13.7. The van der Waals surface area contributed by atoms with Crippen molar-refractivity contribution in [2.75, 3.05) is 0 Å². The summed E-state index contributed by atoms with van der Waals surface area (Å²) in [5.41, 5.74) is 0. The van der Waals surface area contributed by atoms with Crippen LogP contribution in [0.4, 0.5) is 30.7 Å². The molecular formula is C7H5F7O3. The molecular weight excluding hydrogens is 265 g/mol. The maximum atomic E-state index is 12.6. The summed E-state index contributed by atoms with van der Waals surface area (Å²) in [6.45, 7) is 0.636. The third-order valence-electron chi connectivity index (χ3n) is 1.37. The van der Waals surface area contributed by atoms with Crippen molar-refractivity contribution in [2.45, 2.75) is 31.7 Å². The van der Waals surface area contributed by atoms with Crippen molar-refractivity contribution in [1.82, 2.24) is 0 Å². The molecule has 10 heteroatoms. The molecule has 0 rings (SSSR count). The van der Waals surface area contributed by atoms with Crippen LogP contribution in [-0.2, 0) is 14.3 Å². The predicted octanol–water partition coefficient (Wildman–Crippen LogP) is 2.30. The summed E-state index contributed by atoms with van der Waals surface area (Å²) in [6, 6.07) is 0. The van der Waals surface area contributed by atoms with Crippen molar-refractivity contribution in [3.05, 3.63) is 0 Å². The predicted molar refractivity (Wildman–Crippen MR) is 37.3 cm³/mol. The Morgan fingerprint density at radius 2 is 1.41 bits per heavy atom. The van der Waals surface area contributed by atoms with Crippen molar-refractivity contribution in [3.63, 3.8) is 0 Å². The van der Waals surface area contributed by atoms with Crippen LogP contribution < -0.4 is 0 Å². The zero-order chi connectivity index (χ0) is 14.1. The molecule has 0 saturated heterocycles. The lowest BCUT2D eigenvalue weighted by Crippen LogP contribution is -2.51. The molecule has 0 radical (unpaired) electrons. The molecule has 0 aromatic heterocycles. The third kappa shape index (κ3) is 4.29. The maximum Gasteiger partial charge on any atom is 0.527 e. The fourth-order valence-corrected chi connectivity index (χ4v) is 0.709. The van der Waals surface area contributed by atoms with E-state index in [-0.39, 0.29) is 0 Å². The van der Waals surface area contributed by atoms with Gasteiger partial charge in [-0.15, -0.1) is 13.2 Å². The van der Waals surface area contributed by atoms with Crippen LogP contribution in [0, 0.1) is 0 Å². The van der Waals surface area contributed by atoms with Crippen molar-refractivity contribution in [2.24, 2.45) is 0 Å². The van der Waals surface area contributed by atoms with Gasteiger partial charge in [-0.2, -0.15) is 17.6 Å². The second-order valence-electron chi connectivity index (χ2n) is 2.94. The van der Waals surface area contributed by atoms with Crippen LogP contribution in [0.2, 0.25) is 0 Å². The van der Waals surface area contributed by atoms with Crippen molar-refractivity contribution < 1.29 is 45.1 Å². The minimum absolute atomic E-state index is 0.636. The van der Waals surface area contributed by atoms with Gasteiger partial charge in [0.2, 0.25) is 5.78 Å². The van der Waals surface area contributed by atoms with Crippen LogP contribution in [0.15, 0.2) is 0 Å². The summed E-state index contributed by atoms with van der Waals surface area (Å²) in [7, 11) is 0. The van der Waals surface area contributed by atoms with Crippen LogP contribution in [0.5, 0.6) is 0 Å². The Bertz CT molecular complexity index is 320. The van der Waals surface area contributed by atoms with E-state index in [1.807, 2.05) is 4.74 Å². The lowest BCUT2D eigenvalue weighted by atomic mass is 10.1.